The summed E-state index contributed by atoms with van der Waals surface area (Å²) in [7, 11) is -3.57. The number of rotatable bonds is 5. The van der Waals surface area contributed by atoms with Gasteiger partial charge >= 0.3 is 0 Å². The highest BCUT2D eigenvalue weighted by Gasteiger charge is 2.32. The maximum atomic E-state index is 12.6. The van der Waals surface area contributed by atoms with Gasteiger partial charge in [-0.25, -0.2) is 13.1 Å². The molecular weight excluding hydrogens is 290 g/mol. The van der Waals surface area contributed by atoms with Crippen molar-refractivity contribution in [2.45, 2.75) is 44.1 Å². The van der Waals surface area contributed by atoms with E-state index in [4.69, 9.17) is 10.6 Å². The van der Waals surface area contributed by atoms with E-state index in [0.717, 1.165) is 12.8 Å². The Balaban J connectivity index is 2.23. The molecule has 4 N–H and O–H groups in total. The average Bonchev–Trinajstić information content (AvgIpc) is 2.83. The molecule has 0 radical (unpaired) electrons. The molecule has 0 amide bonds. The molecule has 6 nitrogen and oxygen atoms in total. The van der Waals surface area contributed by atoms with Gasteiger partial charge in [-0.1, -0.05) is 0 Å². The zero-order valence-electron chi connectivity index (χ0n) is 12.7. The number of benzene rings is 1. The van der Waals surface area contributed by atoms with E-state index in [0.29, 0.717) is 28.3 Å². The Morgan fingerprint density at radius 3 is 2.43 bits per heavy atom. The van der Waals surface area contributed by atoms with Crippen molar-refractivity contribution in [1.29, 1.82) is 0 Å². The van der Waals surface area contributed by atoms with Crippen molar-refractivity contribution in [2.24, 2.45) is 5.84 Å². The summed E-state index contributed by atoms with van der Waals surface area (Å²) in [5.74, 6) is 5.37. The Morgan fingerprint density at radius 2 is 1.95 bits per heavy atom. The van der Waals surface area contributed by atoms with Gasteiger partial charge in [-0.3, -0.25) is 5.84 Å². The largest absolute Gasteiger partial charge is 0.374 e. The van der Waals surface area contributed by atoms with Gasteiger partial charge in [-0.2, -0.15) is 0 Å². The molecule has 0 aromatic heterocycles. The lowest BCUT2D eigenvalue weighted by Crippen LogP contribution is -2.40. The molecule has 1 heterocycles. The third-order valence-corrected chi connectivity index (χ3v) is 5.54. The summed E-state index contributed by atoms with van der Waals surface area (Å²) in [6, 6.07) is 3.44. The second kappa shape index (κ2) is 5.92. The van der Waals surface area contributed by atoms with Gasteiger partial charge in [0.05, 0.1) is 10.5 Å². The first-order chi connectivity index (χ1) is 9.77. The molecule has 1 aromatic carbocycles. The lowest BCUT2D eigenvalue weighted by Gasteiger charge is -2.24. The zero-order valence-corrected chi connectivity index (χ0v) is 13.5. The standard InChI is InChI=1S/C14H23N3O3S/c1-10-7-12(17-15)8-11(2)13(10)21(18,19)16-9-14(3)5-4-6-20-14/h7-8,16-17H,4-6,9,15H2,1-3H3. The Hall–Kier alpha value is -1.15. The third-order valence-electron chi connectivity index (χ3n) is 3.83. The van der Waals surface area contributed by atoms with Crippen LogP contribution in [0, 0.1) is 13.8 Å². The number of sulfonamides is 1. The fraction of sp³-hybridized carbons (Fsp3) is 0.571. The van der Waals surface area contributed by atoms with Crippen molar-refractivity contribution >= 4 is 15.7 Å². The van der Waals surface area contributed by atoms with E-state index < -0.39 is 15.6 Å². The van der Waals surface area contributed by atoms with E-state index in [1.165, 1.54) is 0 Å². The summed E-state index contributed by atoms with van der Waals surface area (Å²) in [6.07, 6.45) is 1.83. The molecular formula is C14H23N3O3S. The minimum absolute atomic E-state index is 0.283. The molecule has 118 valence electrons. The Labute approximate surface area is 126 Å². The van der Waals surface area contributed by atoms with Gasteiger partial charge < -0.3 is 10.2 Å². The minimum atomic E-state index is -3.57. The van der Waals surface area contributed by atoms with Gasteiger partial charge in [0.15, 0.2) is 0 Å². The number of ether oxygens (including phenoxy) is 1. The quantitative estimate of drug-likeness (QED) is 0.565. The normalized spacial score (nSPS) is 22.5. The number of anilines is 1. The monoisotopic (exact) mass is 313 g/mol. The van der Waals surface area contributed by atoms with Crippen LogP contribution in [0.3, 0.4) is 0 Å². The van der Waals surface area contributed by atoms with Crippen LogP contribution in [0.2, 0.25) is 0 Å². The van der Waals surface area contributed by atoms with E-state index in [2.05, 4.69) is 10.1 Å². The van der Waals surface area contributed by atoms with Crippen molar-refractivity contribution in [3.05, 3.63) is 23.3 Å². The lowest BCUT2D eigenvalue weighted by molar-refractivity contribution is 0.0250. The molecule has 2 rings (SSSR count). The second-order valence-corrected chi connectivity index (χ2v) is 7.51. The van der Waals surface area contributed by atoms with Gasteiger partial charge in [0, 0.05) is 18.8 Å². The number of hydrazine groups is 1. The summed E-state index contributed by atoms with van der Waals surface area (Å²) in [5, 5.41) is 0. The van der Waals surface area contributed by atoms with Crippen LogP contribution in [0.15, 0.2) is 17.0 Å². The number of nitrogens with one attached hydrogen (secondary N) is 2. The van der Waals surface area contributed by atoms with Gasteiger partial charge in [0.25, 0.3) is 0 Å². The zero-order chi connectivity index (χ0) is 15.7. The summed E-state index contributed by atoms with van der Waals surface area (Å²) >= 11 is 0. The maximum Gasteiger partial charge on any atom is 0.241 e. The first-order valence-electron chi connectivity index (χ1n) is 6.99. The number of nitrogens with two attached hydrogens (primary N) is 1. The Kier molecular flexibility index (Phi) is 4.57. The first kappa shape index (κ1) is 16.2. The fourth-order valence-corrected chi connectivity index (χ4v) is 4.36. The molecule has 7 heteroatoms. The van der Waals surface area contributed by atoms with E-state index in [1.54, 1.807) is 26.0 Å². The summed E-state index contributed by atoms with van der Waals surface area (Å²) in [4.78, 5) is 0.308. The van der Waals surface area contributed by atoms with Crippen LogP contribution < -0.4 is 16.0 Å². The number of nitrogen functional groups attached to an aromatic ring is 1. The predicted molar refractivity (Wildman–Crippen MR) is 82.5 cm³/mol. The SMILES string of the molecule is Cc1cc(NN)cc(C)c1S(=O)(=O)NCC1(C)CCCO1. The minimum Gasteiger partial charge on any atom is -0.374 e. The molecule has 0 spiro atoms. The second-order valence-electron chi connectivity index (χ2n) is 5.81. The molecule has 0 bridgehead atoms. The summed E-state index contributed by atoms with van der Waals surface area (Å²) in [6.45, 7) is 6.42. The molecule has 0 aliphatic carbocycles. The van der Waals surface area contributed by atoms with Crippen LogP contribution in [0.5, 0.6) is 0 Å². The van der Waals surface area contributed by atoms with Crippen LogP contribution in [-0.4, -0.2) is 27.2 Å². The van der Waals surface area contributed by atoms with Crippen molar-refractivity contribution in [2.75, 3.05) is 18.6 Å². The molecule has 1 atom stereocenters. The average molecular weight is 313 g/mol. The number of hydrogen-bond acceptors (Lipinski definition) is 5. The third kappa shape index (κ3) is 3.55. The van der Waals surface area contributed by atoms with Gasteiger partial charge in [0.2, 0.25) is 10.0 Å². The first-order valence-corrected chi connectivity index (χ1v) is 8.47. The van der Waals surface area contributed by atoms with Crippen molar-refractivity contribution in [3.8, 4) is 0 Å². The van der Waals surface area contributed by atoms with Crippen LogP contribution >= 0.6 is 0 Å². The summed E-state index contributed by atoms with van der Waals surface area (Å²) < 4.78 is 33.4. The topological polar surface area (TPSA) is 93.5 Å². The predicted octanol–water partition coefficient (Wildman–Crippen LogP) is 1.44. The molecule has 1 unspecified atom stereocenters. The highest BCUT2D eigenvalue weighted by atomic mass is 32.2. The van der Waals surface area contributed by atoms with E-state index in [-0.39, 0.29) is 6.54 Å². The number of hydrogen-bond donors (Lipinski definition) is 3. The van der Waals surface area contributed by atoms with Crippen molar-refractivity contribution < 1.29 is 13.2 Å². The molecule has 1 fully saturated rings. The maximum absolute atomic E-state index is 12.6. The van der Waals surface area contributed by atoms with Gasteiger partial charge in [-0.15, -0.1) is 0 Å². The molecule has 0 saturated carbocycles. The number of aryl methyl sites for hydroxylation is 2. The molecule has 21 heavy (non-hydrogen) atoms. The Bertz CT molecular complexity index is 599. The fourth-order valence-electron chi connectivity index (χ4n) is 2.75. The summed E-state index contributed by atoms with van der Waals surface area (Å²) in [5.41, 5.74) is 4.14. The highest BCUT2D eigenvalue weighted by molar-refractivity contribution is 7.89. The van der Waals surface area contributed by atoms with E-state index >= 15 is 0 Å². The van der Waals surface area contributed by atoms with Gasteiger partial charge in [0.1, 0.15) is 0 Å². The van der Waals surface area contributed by atoms with Gasteiger partial charge in [-0.05, 0) is 56.9 Å². The van der Waals surface area contributed by atoms with Crippen LogP contribution in [0.1, 0.15) is 30.9 Å². The van der Waals surface area contributed by atoms with Crippen LogP contribution in [-0.2, 0) is 14.8 Å². The lowest BCUT2D eigenvalue weighted by atomic mass is 10.0. The smallest absolute Gasteiger partial charge is 0.241 e. The molecule has 1 aromatic rings. The Morgan fingerprint density at radius 1 is 1.33 bits per heavy atom. The van der Waals surface area contributed by atoms with Crippen LogP contribution in [0.4, 0.5) is 5.69 Å². The molecule has 1 aliphatic rings. The molecule has 1 saturated heterocycles. The van der Waals surface area contributed by atoms with Crippen LogP contribution in [0.25, 0.3) is 0 Å². The van der Waals surface area contributed by atoms with E-state index in [1.807, 2.05) is 6.92 Å². The van der Waals surface area contributed by atoms with Crippen molar-refractivity contribution in [3.63, 3.8) is 0 Å². The highest BCUT2D eigenvalue weighted by Crippen LogP contribution is 2.27. The molecule has 1 aliphatic heterocycles. The van der Waals surface area contributed by atoms with E-state index in [9.17, 15) is 8.42 Å². The van der Waals surface area contributed by atoms with Crippen molar-refractivity contribution in [1.82, 2.24) is 4.72 Å².